The fraction of sp³-hybridized carbons (Fsp3) is 0.432. The van der Waals surface area contributed by atoms with Crippen molar-refractivity contribution in [3.63, 3.8) is 0 Å². The predicted molar refractivity (Wildman–Crippen MR) is 223 cm³/mol. The van der Waals surface area contributed by atoms with Gasteiger partial charge in [-0.05, 0) is 43.2 Å². The molecule has 322 valence electrons. The van der Waals surface area contributed by atoms with E-state index >= 15 is 0 Å². The molecule has 59 heavy (non-hydrogen) atoms. The number of nitrogens with zero attached hydrogens (tertiary/aromatic N) is 2. The van der Waals surface area contributed by atoms with Crippen molar-refractivity contribution in [2.24, 2.45) is 44.4 Å². The van der Waals surface area contributed by atoms with E-state index in [9.17, 15) is 38.7 Å². The van der Waals surface area contributed by atoms with Crippen molar-refractivity contribution in [2.75, 3.05) is 25.4 Å². The monoisotopic (exact) mass is 841 g/mol. The van der Waals surface area contributed by atoms with Gasteiger partial charge in [-0.25, -0.2) is 0 Å². The lowest BCUT2D eigenvalue weighted by Crippen LogP contribution is -2.60. The molecule has 0 fully saturated rings. The number of nitrogens with two attached hydrogens (primary N) is 6. The third-order valence-corrected chi connectivity index (χ3v) is 8.95. The Morgan fingerprint density at radius 3 is 1.39 bits per heavy atom. The van der Waals surface area contributed by atoms with Gasteiger partial charge < -0.3 is 66.1 Å². The molecule has 0 saturated carbocycles. The highest BCUT2D eigenvalue weighted by molar-refractivity contribution is 7.80. The zero-order valence-corrected chi connectivity index (χ0v) is 33.3. The van der Waals surface area contributed by atoms with Gasteiger partial charge in [0.2, 0.25) is 35.3 Å². The van der Waals surface area contributed by atoms with Crippen LogP contribution in [0.25, 0.3) is 0 Å². The molecule has 0 radical (unpaired) electrons. The summed E-state index contributed by atoms with van der Waals surface area (Å²) in [5.74, 6) is -7.32. The molecule has 22 heteroatoms. The Morgan fingerprint density at radius 1 is 0.559 bits per heavy atom. The number of hydrogen-bond donors (Lipinski definition) is 13. The number of aliphatic hydroxyl groups excluding tert-OH is 1. The summed E-state index contributed by atoms with van der Waals surface area (Å²) in [6.07, 6.45) is 0.405. The van der Waals surface area contributed by atoms with Crippen molar-refractivity contribution in [3.8, 4) is 0 Å². The standard InChI is InChI=1S/C37H55N13O8S/c38-23(17-21-9-3-1-4-10-21)31(54)46-24(13-7-15-44-36(40)41)33(56)50-28(20-59)35(58)47-25(14-8-16-45-37(42)43)32(55)49-27(19-51)34(57)48-26(29(52)30(39)53)18-22-11-5-2-6-12-22/h1-6,9-12,23-28,51,59H,7-8,13-20,38H2,(H2,39,53)(H,46,54)(H,47,58)(H,48,57)(H,49,55)(H,50,56)(H4,40,41,44)(H4,42,43,45)/t23-,24-,25-,26-,27-,28-/m0/s1. The molecule has 2 aromatic carbocycles. The van der Waals surface area contributed by atoms with Gasteiger partial charge >= 0.3 is 0 Å². The van der Waals surface area contributed by atoms with Crippen molar-refractivity contribution >= 4 is 65.8 Å². The van der Waals surface area contributed by atoms with Crippen molar-refractivity contribution in [1.29, 1.82) is 0 Å². The van der Waals surface area contributed by atoms with E-state index in [-0.39, 0.29) is 69.3 Å². The number of aliphatic hydroxyl groups is 1. The maximum atomic E-state index is 13.6. The smallest absolute Gasteiger partial charge is 0.287 e. The number of Topliss-reactive ketones (excluding diaryl/α,β-unsaturated/α-hetero) is 1. The number of hydrogen-bond acceptors (Lipinski definition) is 12. The molecule has 21 nitrogen and oxygen atoms in total. The molecule has 2 rings (SSSR count). The number of aliphatic imine (C=N–C) groups is 2. The fourth-order valence-corrected chi connectivity index (χ4v) is 5.75. The molecule has 0 aromatic heterocycles. The number of benzene rings is 2. The number of nitrogens with one attached hydrogen (secondary N) is 5. The molecule has 0 aliphatic rings. The summed E-state index contributed by atoms with van der Waals surface area (Å²) in [4.78, 5) is 99.3. The molecule has 2 aromatic rings. The van der Waals surface area contributed by atoms with E-state index in [2.05, 4.69) is 49.2 Å². The second kappa shape index (κ2) is 25.9. The summed E-state index contributed by atoms with van der Waals surface area (Å²) in [5, 5.41) is 22.5. The molecular weight excluding hydrogens is 787 g/mol. The van der Waals surface area contributed by atoms with Crippen LogP contribution >= 0.6 is 12.6 Å². The molecule has 0 bridgehead atoms. The maximum absolute atomic E-state index is 13.6. The van der Waals surface area contributed by atoms with Crippen molar-refractivity contribution in [1.82, 2.24) is 26.6 Å². The summed E-state index contributed by atoms with van der Waals surface area (Å²) in [6, 6.07) is 9.36. The van der Waals surface area contributed by atoms with Crippen LogP contribution in [-0.4, -0.2) is 120 Å². The molecule has 18 N–H and O–H groups in total. The van der Waals surface area contributed by atoms with Gasteiger partial charge in [0.25, 0.3) is 5.91 Å². The first-order valence-electron chi connectivity index (χ1n) is 18.6. The number of amides is 6. The molecule has 0 aliphatic carbocycles. The van der Waals surface area contributed by atoms with Crippen LogP contribution in [0.15, 0.2) is 70.6 Å². The summed E-state index contributed by atoms with van der Waals surface area (Å²) in [7, 11) is 0. The Labute approximate surface area is 346 Å². The van der Waals surface area contributed by atoms with Crippen LogP contribution in [0.2, 0.25) is 0 Å². The van der Waals surface area contributed by atoms with Gasteiger partial charge in [0, 0.05) is 25.3 Å². The van der Waals surface area contributed by atoms with Gasteiger partial charge in [-0.3, -0.25) is 43.5 Å². The zero-order valence-electron chi connectivity index (χ0n) is 32.4. The summed E-state index contributed by atoms with van der Waals surface area (Å²) >= 11 is 4.22. The van der Waals surface area contributed by atoms with Gasteiger partial charge in [0.1, 0.15) is 30.2 Å². The molecular formula is C37H55N13O8S. The molecule has 6 amide bonds. The molecule has 0 aliphatic heterocycles. The largest absolute Gasteiger partial charge is 0.394 e. The Kier molecular flexibility index (Phi) is 21.4. The number of carbonyl (C=O) groups excluding carboxylic acids is 7. The van der Waals surface area contributed by atoms with Gasteiger partial charge in [-0.2, -0.15) is 12.6 Å². The molecule has 0 unspecified atom stereocenters. The second-order valence-electron chi connectivity index (χ2n) is 13.3. The SMILES string of the molecule is NC(=O)C(=O)[C@H](Cc1ccccc1)NC(=O)[C@H](CO)NC(=O)[C@H](CCCN=C(N)N)NC(=O)[C@H](CS)NC(=O)[C@H](CCCN=C(N)N)NC(=O)[C@@H](N)Cc1ccccc1. The Balaban J connectivity index is 2.24. The highest BCUT2D eigenvalue weighted by Crippen LogP contribution is 2.08. The third kappa shape index (κ3) is 18.3. The van der Waals surface area contributed by atoms with Crippen LogP contribution in [0.4, 0.5) is 0 Å². The molecule has 0 heterocycles. The third-order valence-electron chi connectivity index (χ3n) is 8.58. The van der Waals surface area contributed by atoms with E-state index in [1.54, 1.807) is 54.6 Å². The van der Waals surface area contributed by atoms with Crippen molar-refractivity contribution in [3.05, 3.63) is 71.8 Å². The highest BCUT2D eigenvalue weighted by atomic mass is 32.1. The number of guanidine groups is 2. The van der Waals surface area contributed by atoms with Crippen molar-refractivity contribution in [2.45, 2.75) is 74.8 Å². The van der Waals surface area contributed by atoms with Gasteiger partial charge in [0.05, 0.1) is 12.6 Å². The van der Waals surface area contributed by atoms with Crippen LogP contribution in [0.3, 0.4) is 0 Å². The minimum Gasteiger partial charge on any atom is -0.394 e. The lowest BCUT2D eigenvalue weighted by atomic mass is 10.0. The van der Waals surface area contributed by atoms with E-state index in [0.29, 0.717) is 5.56 Å². The Bertz CT molecular complexity index is 1780. The normalized spacial score (nSPS) is 13.7. The molecule has 6 atom stereocenters. The van der Waals surface area contributed by atoms with Crippen LogP contribution in [0.1, 0.15) is 36.8 Å². The van der Waals surface area contributed by atoms with E-state index in [1.807, 2.05) is 6.07 Å². The van der Waals surface area contributed by atoms with Crippen LogP contribution in [0, 0.1) is 0 Å². The number of primary amides is 1. The zero-order chi connectivity index (χ0) is 43.9. The summed E-state index contributed by atoms with van der Waals surface area (Å²) in [5.41, 5.74) is 34.4. The second-order valence-corrected chi connectivity index (χ2v) is 13.6. The number of carbonyl (C=O) groups is 7. The Hall–Kier alpha value is -6.26. The van der Waals surface area contributed by atoms with E-state index in [0.717, 1.165) is 5.56 Å². The van der Waals surface area contributed by atoms with Crippen LogP contribution in [-0.2, 0) is 46.4 Å². The lowest BCUT2D eigenvalue weighted by Gasteiger charge is -2.26. The number of ketones is 1. The summed E-state index contributed by atoms with van der Waals surface area (Å²) in [6.45, 7) is -0.772. The van der Waals surface area contributed by atoms with Crippen LogP contribution < -0.4 is 61.0 Å². The average Bonchev–Trinajstić information content (AvgIpc) is 3.20. The van der Waals surface area contributed by atoms with Crippen LogP contribution in [0.5, 0.6) is 0 Å². The molecule has 0 spiro atoms. The van der Waals surface area contributed by atoms with E-state index in [4.69, 9.17) is 34.4 Å². The topological polar surface area (TPSA) is 381 Å². The summed E-state index contributed by atoms with van der Waals surface area (Å²) < 4.78 is 0. The molecule has 0 saturated heterocycles. The lowest BCUT2D eigenvalue weighted by molar-refractivity contribution is -0.139. The van der Waals surface area contributed by atoms with E-state index in [1.165, 1.54) is 0 Å². The van der Waals surface area contributed by atoms with Crippen molar-refractivity contribution < 1.29 is 38.7 Å². The predicted octanol–water partition coefficient (Wildman–Crippen LogP) is -4.69. The van der Waals surface area contributed by atoms with Gasteiger partial charge in [-0.15, -0.1) is 0 Å². The first-order valence-corrected chi connectivity index (χ1v) is 19.2. The quantitative estimate of drug-likeness (QED) is 0.0139. The minimum atomic E-state index is -1.66. The number of thiol groups is 1. The number of rotatable bonds is 26. The maximum Gasteiger partial charge on any atom is 0.287 e. The highest BCUT2D eigenvalue weighted by Gasteiger charge is 2.33. The fourth-order valence-electron chi connectivity index (χ4n) is 5.49. The first-order chi connectivity index (χ1) is 28.1. The Morgan fingerprint density at radius 2 is 0.949 bits per heavy atom. The minimum absolute atomic E-state index is 0.0443. The average molecular weight is 842 g/mol. The van der Waals surface area contributed by atoms with E-state index < -0.39 is 84.1 Å². The van der Waals surface area contributed by atoms with Gasteiger partial charge in [-0.1, -0.05) is 60.7 Å². The van der Waals surface area contributed by atoms with Gasteiger partial charge in [0.15, 0.2) is 11.9 Å². The first kappa shape index (κ1) is 48.9.